The highest BCUT2D eigenvalue weighted by molar-refractivity contribution is 5.27. The minimum atomic E-state index is -4.72. The van der Waals surface area contributed by atoms with Crippen LogP contribution in [0.25, 0.3) is 0 Å². The molecule has 2 aromatic carbocycles. The van der Waals surface area contributed by atoms with Gasteiger partial charge in [-0.15, -0.1) is 0 Å². The Morgan fingerprint density at radius 2 is 1.52 bits per heavy atom. The fourth-order valence-corrected chi connectivity index (χ4v) is 1.90. The van der Waals surface area contributed by atoms with Gasteiger partial charge in [0.1, 0.15) is 11.6 Å². The van der Waals surface area contributed by atoms with E-state index in [9.17, 15) is 22.0 Å². The molecule has 0 heterocycles. The topological polar surface area (TPSA) is 12.0 Å². The second-order valence-corrected chi connectivity index (χ2v) is 4.55. The lowest BCUT2D eigenvalue weighted by atomic mass is 10.1. The van der Waals surface area contributed by atoms with Crippen LogP contribution in [-0.4, -0.2) is 0 Å². The van der Waals surface area contributed by atoms with Crippen molar-refractivity contribution in [2.24, 2.45) is 0 Å². The van der Waals surface area contributed by atoms with Gasteiger partial charge in [-0.1, -0.05) is 18.2 Å². The number of hydrogen-bond donors (Lipinski definition) is 1. The quantitative estimate of drug-likeness (QED) is 0.831. The first-order chi connectivity index (χ1) is 9.86. The Balaban J connectivity index is 2.01. The van der Waals surface area contributed by atoms with Gasteiger partial charge in [0.2, 0.25) is 0 Å². The Morgan fingerprint density at radius 1 is 0.857 bits per heavy atom. The molecule has 0 aliphatic rings. The van der Waals surface area contributed by atoms with Gasteiger partial charge in [0, 0.05) is 13.1 Å². The van der Waals surface area contributed by atoms with E-state index in [1.807, 2.05) is 0 Å². The van der Waals surface area contributed by atoms with Crippen LogP contribution in [-0.2, 0) is 19.3 Å². The summed E-state index contributed by atoms with van der Waals surface area (Å²) in [6, 6.07) is 8.73. The van der Waals surface area contributed by atoms with Crippen molar-refractivity contribution in [2.45, 2.75) is 19.3 Å². The zero-order chi connectivity index (χ0) is 15.5. The molecule has 2 rings (SSSR count). The van der Waals surface area contributed by atoms with E-state index in [0.29, 0.717) is 17.7 Å². The zero-order valence-electron chi connectivity index (χ0n) is 10.8. The van der Waals surface area contributed by atoms with Gasteiger partial charge in [-0.3, -0.25) is 0 Å². The number of rotatable bonds is 4. The van der Waals surface area contributed by atoms with E-state index >= 15 is 0 Å². The van der Waals surface area contributed by atoms with Crippen LogP contribution in [0.15, 0.2) is 42.5 Å². The molecule has 0 aromatic heterocycles. The second kappa shape index (κ2) is 6.22. The lowest BCUT2D eigenvalue weighted by Gasteiger charge is -2.11. The predicted molar refractivity (Wildman–Crippen MR) is 68.3 cm³/mol. The third-order valence-electron chi connectivity index (χ3n) is 2.88. The molecular weight excluding hydrogens is 289 g/mol. The Kier molecular flexibility index (Phi) is 4.57. The Hall–Kier alpha value is -1.95. The Labute approximate surface area is 118 Å². The second-order valence-electron chi connectivity index (χ2n) is 4.55. The first-order valence-corrected chi connectivity index (χ1v) is 6.17. The average molecular weight is 301 g/mol. The fourth-order valence-electron chi connectivity index (χ4n) is 1.90. The van der Waals surface area contributed by atoms with Crippen LogP contribution >= 0.6 is 0 Å². The number of halogens is 5. The standard InChI is InChI=1S/C15H12F5N/c16-12-3-1-2-10(6-12)8-21-9-11-4-5-14(17)13(7-11)15(18,19)20/h1-7,21H,8-9H2. The van der Waals surface area contributed by atoms with E-state index < -0.39 is 17.6 Å². The Bertz CT molecular complexity index is 622. The molecule has 0 saturated heterocycles. The lowest BCUT2D eigenvalue weighted by molar-refractivity contribution is -0.140. The van der Waals surface area contributed by atoms with Crippen molar-refractivity contribution in [1.29, 1.82) is 0 Å². The third-order valence-corrected chi connectivity index (χ3v) is 2.88. The highest BCUT2D eigenvalue weighted by Gasteiger charge is 2.34. The summed E-state index contributed by atoms with van der Waals surface area (Å²) in [7, 11) is 0. The van der Waals surface area contributed by atoms with Gasteiger partial charge in [0.15, 0.2) is 0 Å². The van der Waals surface area contributed by atoms with E-state index in [2.05, 4.69) is 5.32 Å². The molecule has 6 heteroatoms. The van der Waals surface area contributed by atoms with Crippen molar-refractivity contribution < 1.29 is 22.0 Å². The summed E-state index contributed by atoms with van der Waals surface area (Å²) in [6.07, 6.45) is -4.72. The molecule has 2 aromatic rings. The average Bonchev–Trinajstić information content (AvgIpc) is 2.39. The minimum Gasteiger partial charge on any atom is -0.309 e. The molecular formula is C15H12F5N. The maximum Gasteiger partial charge on any atom is 0.419 e. The molecule has 0 spiro atoms. The van der Waals surface area contributed by atoms with Crippen LogP contribution < -0.4 is 5.32 Å². The van der Waals surface area contributed by atoms with Crippen molar-refractivity contribution in [3.05, 3.63) is 70.8 Å². The van der Waals surface area contributed by atoms with Crippen molar-refractivity contribution in [1.82, 2.24) is 5.32 Å². The van der Waals surface area contributed by atoms with Gasteiger partial charge in [-0.25, -0.2) is 8.78 Å². The lowest BCUT2D eigenvalue weighted by Crippen LogP contribution is -2.14. The summed E-state index contributed by atoms with van der Waals surface area (Å²) >= 11 is 0. The largest absolute Gasteiger partial charge is 0.419 e. The molecule has 0 atom stereocenters. The SMILES string of the molecule is Fc1cccc(CNCc2ccc(F)c(C(F)(F)F)c2)c1. The van der Waals surface area contributed by atoms with Crippen LogP contribution in [0.2, 0.25) is 0 Å². The molecule has 0 unspecified atom stereocenters. The van der Waals surface area contributed by atoms with Gasteiger partial charge in [-0.05, 0) is 35.4 Å². The summed E-state index contributed by atoms with van der Waals surface area (Å²) in [5, 5.41) is 2.89. The number of nitrogens with one attached hydrogen (secondary N) is 1. The normalized spacial score (nSPS) is 11.7. The molecule has 0 fully saturated rings. The maximum absolute atomic E-state index is 13.1. The molecule has 0 bridgehead atoms. The first kappa shape index (κ1) is 15.4. The summed E-state index contributed by atoms with van der Waals surface area (Å²) in [5.41, 5.74) is -0.305. The van der Waals surface area contributed by atoms with Gasteiger partial charge >= 0.3 is 6.18 Å². The Morgan fingerprint density at radius 3 is 2.14 bits per heavy atom. The van der Waals surface area contributed by atoms with Crippen LogP contribution in [0.3, 0.4) is 0 Å². The third kappa shape index (κ3) is 4.26. The molecule has 0 aliphatic heterocycles. The predicted octanol–water partition coefficient (Wildman–Crippen LogP) is 4.27. The van der Waals surface area contributed by atoms with Crippen molar-refractivity contribution in [3.63, 3.8) is 0 Å². The molecule has 112 valence electrons. The molecule has 0 aliphatic carbocycles. The van der Waals surface area contributed by atoms with E-state index in [-0.39, 0.29) is 12.4 Å². The highest BCUT2D eigenvalue weighted by Crippen LogP contribution is 2.31. The molecule has 1 nitrogen and oxygen atoms in total. The summed E-state index contributed by atoms with van der Waals surface area (Å²) in [6.45, 7) is 0.427. The molecule has 21 heavy (non-hydrogen) atoms. The van der Waals surface area contributed by atoms with Crippen LogP contribution in [0, 0.1) is 11.6 Å². The van der Waals surface area contributed by atoms with E-state index in [1.165, 1.54) is 18.2 Å². The van der Waals surface area contributed by atoms with Crippen molar-refractivity contribution in [2.75, 3.05) is 0 Å². The maximum atomic E-state index is 13.1. The van der Waals surface area contributed by atoms with E-state index in [0.717, 1.165) is 12.1 Å². The molecule has 0 amide bonds. The summed E-state index contributed by atoms with van der Waals surface area (Å²) in [5.74, 6) is -1.67. The van der Waals surface area contributed by atoms with Crippen LogP contribution in [0.4, 0.5) is 22.0 Å². The number of alkyl halides is 3. The minimum absolute atomic E-state index is 0.125. The van der Waals surface area contributed by atoms with Crippen LogP contribution in [0.1, 0.15) is 16.7 Å². The van der Waals surface area contributed by atoms with Crippen molar-refractivity contribution in [3.8, 4) is 0 Å². The number of hydrogen-bond acceptors (Lipinski definition) is 1. The van der Waals surface area contributed by atoms with E-state index in [1.54, 1.807) is 12.1 Å². The smallest absolute Gasteiger partial charge is 0.309 e. The molecule has 1 N–H and O–H groups in total. The van der Waals surface area contributed by atoms with Crippen molar-refractivity contribution >= 4 is 0 Å². The molecule has 0 radical (unpaired) electrons. The van der Waals surface area contributed by atoms with Gasteiger partial charge in [0.25, 0.3) is 0 Å². The molecule has 0 saturated carbocycles. The highest BCUT2D eigenvalue weighted by atomic mass is 19.4. The van der Waals surface area contributed by atoms with Gasteiger partial charge in [0.05, 0.1) is 5.56 Å². The zero-order valence-corrected chi connectivity index (χ0v) is 10.8. The summed E-state index contributed by atoms with van der Waals surface area (Å²) < 4.78 is 63.7. The number of benzene rings is 2. The van der Waals surface area contributed by atoms with Gasteiger partial charge in [-0.2, -0.15) is 13.2 Å². The van der Waals surface area contributed by atoms with Gasteiger partial charge < -0.3 is 5.32 Å². The van der Waals surface area contributed by atoms with E-state index in [4.69, 9.17) is 0 Å². The summed E-state index contributed by atoms with van der Waals surface area (Å²) in [4.78, 5) is 0. The monoisotopic (exact) mass is 301 g/mol. The fraction of sp³-hybridized carbons (Fsp3) is 0.200. The first-order valence-electron chi connectivity index (χ1n) is 6.17. The van der Waals surface area contributed by atoms with Crippen LogP contribution in [0.5, 0.6) is 0 Å².